The second-order valence-electron chi connectivity index (χ2n) is 6.33. The number of non-ortho nitro benzene ring substituents is 1. The van der Waals surface area contributed by atoms with Crippen molar-refractivity contribution in [3.8, 4) is 5.75 Å². The van der Waals surface area contributed by atoms with Crippen molar-refractivity contribution in [1.82, 2.24) is 0 Å². The van der Waals surface area contributed by atoms with E-state index in [1.807, 2.05) is 30.3 Å². The van der Waals surface area contributed by atoms with E-state index in [-0.39, 0.29) is 16.5 Å². The van der Waals surface area contributed by atoms with Gasteiger partial charge in [-0.2, -0.15) is 0 Å². The molecule has 0 spiro atoms. The molecule has 1 aromatic heterocycles. The Bertz CT molecular complexity index is 1120. The number of nitrogens with one attached hydrogen (secondary N) is 2. The van der Waals surface area contributed by atoms with Crippen molar-refractivity contribution in [2.45, 2.75) is 6.42 Å². The molecule has 0 fully saturated rings. The topological polar surface area (TPSA) is 103 Å². The molecule has 0 saturated carbocycles. The maximum Gasteiger partial charge on any atom is 0.340 e. The first-order valence-electron chi connectivity index (χ1n) is 9.06. The first kappa shape index (κ1) is 22.2. The number of nitro groups is 1. The lowest BCUT2D eigenvalue weighted by Crippen LogP contribution is -2.20. The Morgan fingerprint density at radius 3 is 2.52 bits per heavy atom. The smallest absolute Gasteiger partial charge is 0.340 e. The fourth-order valence-corrected chi connectivity index (χ4v) is 4.19. The van der Waals surface area contributed by atoms with E-state index < -0.39 is 10.9 Å². The van der Waals surface area contributed by atoms with Crippen molar-refractivity contribution in [2.24, 2.45) is 0 Å². The molecule has 0 saturated heterocycles. The van der Waals surface area contributed by atoms with Gasteiger partial charge >= 0.3 is 5.97 Å². The van der Waals surface area contributed by atoms with Gasteiger partial charge in [-0.25, -0.2) is 4.79 Å². The van der Waals surface area contributed by atoms with Crippen LogP contribution in [-0.2, 0) is 11.2 Å². The Labute approximate surface area is 188 Å². The molecular formula is C21H19N3O5S2. The van der Waals surface area contributed by atoms with Gasteiger partial charge in [0.1, 0.15) is 10.8 Å². The Kier molecular flexibility index (Phi) is 7.16. The van der Waals surface area contributed by atoms with E-state index in [0.29, 0.717) is 22.7 Å². The quantitative estimate of drug-likeness (QED) is 0.225. The third-order valence-corrected chi connectivity index (χ3v) is 5.54. The van der Waals surface area contributed by atoms with Crippen molar-refractivity contribution in [3.63, 3.8) is 0 Å². The van der Waals surface area contributed by atoms with Gasteiger partial charge in [0, 0.05) is 17.4 Å². The predicted molar refractivity (Wildman–Crippen MR) is 124 cm³/mol. The van der Waals surface area contributed by atoms with E-state index >= 15 is 0 Å². The molecule has 0 aliphatic heterocycles. The normalized spacial score (nSPS) is 10.3. The Hall–Kier alpha value is -3.50. The van der Waals surface area contributed by atoms with Crippen LogP contribution in [0.4, 0.5) is 16.4 Å². The van der Waals surface area contributed by atoms with Gasteiger partial charge in [0.05, 0.1) is 36.5 Å². The highest BCUT2D eigenvalue weighted by atomic mass is 32.1. The number of rotatable bonds is 7. The first-order valence-corrected chi connectivity index (χ1v) is 10.3. The van der Waals surface area contributed by atoms with Crippen LogP contribution in [0.3, 0.4) is 0 Å². The van der Waals surface area contributed by atoms with Crippen LogP contribution in [-0.4, -0.2) is 30.2 Å². The number of thiophene rings is 1. The molecule has 31 heavy (non-hydrogen) atoms. The minimum absolute atomic E-state index is 0.0990. The largest absolute Gasteiger partial charge is 0.494 e. The van der Waals surface area contributed by atoms with Gasteiger partial charge in [0.15, 0.2) is 5.11 Å². The van der Waals surface area contributed by atoms with E-state index in [2.05, 4.69) is 10.6 Å². The third kappa shape index (κ3) is 5.56. The van der Waals surface area contributed by atoms with E-state index in [4.69, 9.17) is 21.7 Å². The lowest BCUT2D eigenvalue weighted by atomic mass is 10.1. The molecule has 3 aromatic rings. The molecule has 3 rings (SSSR count). The third-order valence-electron chi connectivity index (χ3n) is 4.28. The number of hydrogen-bond donors (Lipinski definition) is 2. The zero-order valence-electron chi connectivity index (χ0n) is 16.7. The van der Waals surface area contributed by atoms with Crippen LogP contribution in [0.15, 0.2) is 54.6 Å². The fourth-order valence-electron chi connectivity index (χ4n) is 2.83. The summed E-state index contributed by atoms with van der Waals surface area (Å²) in [5.41, 5.74) is 1.84. The molecule has 0 aliphatic carbocycles. The Morgan fingerprint density at radius 2 is 1.87 bits per heavy atom. The predicted octanol–water partition coefficient (Wildman–Crippen LogP) is 4.85. The van der Waals surface area contributed by atoms with Crippen molar-refractivity contribution in [2.75, 3.05) is 24.9 Å². The molecule has 0 unspecified atom stereocenters. The summed E-state index contributed by atoms with van der Waals surface area (Å²) in [6.07, 6.45) is 0.660. The molecule has 160 valence electrons. The Morgan fingerprint density at radius 1 is 1.13 bits per heavy atom. The SMILES string of the molecule is COC(=O)c1cc(Cc2ccccc2)sc1NC(=S)Nc1ccc([N+](=O)[O-])cc1OC. The highest BCUT2D eigenvalue weighted by Crippen LogP contribution is 2.32. The maximum atomic E-state index is 12.2. The summed E-state index contributed by atoms with van der Waals surface area (Å²) in [5, 5.41) is 17.7. The van der Waals surface area contributed by atoms with Gasteiger partial charge in [0.2, 0.25) is 0 Å². The molecule has 8 nitrogen and oxygen atoms in total. The minimum atomic E-state index is -0.509. The van der Waals surface area contributed by atoms with Crippen molar-refractivity contribution >= 4 is 51.0 Å². The molecule has 0 amide bonds. The molecule has 0 atom stereocenters. The van der Waals surface area contributed by atoms with Crippen molar-refractivity contribution in [3.05, 3.63) is 80.7 Å². The van der Waals surface area contributed by atoms with Crippen molar-refractivity contribution < 1.29 is 19.2 Å². The van der Waals surface area contributed by atoms with Gasteiger partial charge in [-0.1, -0.05) is 30.3 Å². The first-order chi connectivity index (χ1) is 14.9. The van der Waals surface area contributed by atoms with Gasteiger partial charge in [0.25, 0.3) is 5.69 Å². The molecule has 2 N–H and O–H groups in total. The average Bonchev–Trinajstić information content (AvgIpc) is 3.15. The second kappa shape index (κ2) is 10.0. The monoisotopic (exact) mass is 457 g/mol. The summed E-state index contributed by atoms with van der Waals surface area (Å²) in [6.45, 7) is 0. The summed E-state index contributed by atoms with van der Waals surface area (Å²) < 4.78 is 10.1. The highest BCUT2D eigenvalue weighted by molar-refractivity contribution is 7.80. The van der Waals surface area contributed by atoms with Crippen LogP contribution in [0.25, 0.3) is 0 Å². The molecule has 2 aromatic carbocycles. The fraction of sp³-hybridized carbons (Fsp3) is 0.143. The van der Waals surface area contributed by atoms with Crippen LogP contribution in [0.1, 0.15) is 20.8 Å². The number of methoxy groups -OCH3 is 2. The van der Waals surface area contributed by atoms with Gasteiger partial charge in [-0.3, -0.25) is 10.1 Å². The molecule has 0 bridgehead atoms. The molecular weight excluding hydrogens is 438 g/mol. The summed E-state index contributed by atoms with van der Waals surface area (Å²) in [5.74, 6) is -0.212. The van der Waals surface area contributed by atoms with Gasteiger partial charge in [-0.15, -0.1) is 11.3 Å². The van der Waals surface area contributed by atoms with Crippen molar-refractivity contribution in [1.29, 1.82) is 0 Å². The number of ether oxygens (including phenoxy) is 2. The number of nitro benzene ring substituents is 1. The molecule has 10 heteroatoms. The van der Waals surface area contributed by atoms with Crippen LogP contribution in [0, 0.1) is 10.1 Å². The van der Waals surface area contributed by atoms with E-state index in [9.17, 15) is 14.9 Å². The number of benzene rings is 2. The molecule has 0 radical (unpaired) electrons. The summed E-state index contributed by atoms with van der Waals surface area (Å²) in [7, 11) is 2.73. The standard InChI is InChI=1S/C21H19N3O5S2/c1-28-18-11-14(24(26)27)8-9-17(18)22-21(30)23-19-16(20(25)29-2)12-15(31-19)10-13-6-4-3-5-7-13/h3-9,11-12H,10H2,1-2H3,(H2,22,23,30). The summed E-state index contributed by atoms with van der Waals surface area (Å²) in [6, 6.07) is 15.8. The van der Waals surface area contributed by atoms with E-state index in [1.165, 1.54) is 43.8 Å². The zero-order chi connectivity index (χ0) is 22.4. The number of nitrogens with zero attached hydrogens (tertiary/aromatic N) is 1. The number of esters is 1. The zero-order valence-corrected chi connectivity index (χ0v) is 18.3. The number of carbonyl (C=O) groups excluding carboxylic acids is 1. The van der Waals surface area contributed by atoms with Crippen LogP contribution in [0.2, 0.25) is 0 Å². The number of hydrogen-bond acceptors (Lipinski definition) is 7. The number of carbonyl (C=O) groups is 1. The van der Waals surface area contributed by atoms with Crippen LogP contribution < -0.4 is 15.4 Å². The van der Waals surface area contributed by atoms with Crippen LogP contribution >= 0.6 is 23.6 Å². The maximum absolute atomic E-state index is 12.2. The number of thiocarbonyl (C=S) groups is 1. The van der Waals surface area contributed by atoms with E-state index in [0.717, 1.165) is 10.4 Å². The number of anilines is 2. The average molecular weight is 458 g/mol. The second-order valence-corrected chi connectivity index (χ2v) is 7.88. The van der Waals surface area contributed by atoms with Crippen LogP contribution in [0.5, 0.6) is 5.75 Å². The summed E-state index contributed by atoms with van der Waals surface area (Å²) >= 11 is 6.77. The molecule has 1 heterocycles. The Balaban J connectivity index is 1.80. The lowest BCUT2D eigenvalue weighted by Gasteiger charge is -2.13. The van der Waals surface area contributed by atoms with E-state index in [1.54, 1.807) is 6.07 Å². The summed E-state index contributed by atoms with van der Waals surface area (Å²) in [4.78, 5) is 23.6. The lowest BCUT2D eigenvalue weighted by molar-refractivity contribution is -0.384. The van der Waals surface area contributed by atoms with Gasteiger partial charge < -0.3 is 20.1 Å². The minimum Gasteiger partial charge on any atom is -0.494 e. The van der Waals surface area contributed by atoms with Gasteiger partial charge in [-0.05, 0) is 29.9 Å². The molecule has 0 aliphatic rings. The highest BCUT2D eigenvalue weighted by Gasteiger charge is 2.19.